The summed E-state index contributed by atoms with van der Waals surface area (Å²) >= 11 is 3.51. The number of primary amides is 1. The first kappa shape index (κ1) is 21.7. The van der Waals surface area contributed by atoms with Gasteiger partial charge in [0.1, 0.15) is 0 Å². The molecule has 5 nitrogen and oxygen atoms in total. The maximum atomic E-state index is 13.2. The Morgan fingerprint density at radius 1 is 1.09 bits per heavy atom. The maximum absolute atomic E-state index is 13.2. The van der Waals surface area contributed by atoms with Gasteiger partial charge in [-0.2, -0.15) is 0 Å². The fraction of sp³-hybridized carbons (Fsp3) is 0.357. The first-order valence-electron chi connectivity index (χ1n) is 12.0. The third-order valence-corrected chi connectivity index (χ3v) is 9.20. The molecule has 2 amide bonds. The molecule has 2 fully saturated rings. The number of amides is 2. The van der Waals surface area contributed by atoms with Crippen LogP contribution in [-0.4, -0.2) is 23.3 Å². The second kappa shape index (κ2) is 7.84. The molecular weight excluding hydrogens is 490 g/mol. The lowest BCUT2D eigenvalue weighted by molar-refractivity contribution is -0.127. The molecule has 1 heterocycles. The molecule has 174 valence electrons. The summed E-state index contributed by atoms with van der Waals surface area (Å²) in [7, 11) is 0. The minimum Gasteiger partial charge on any atom is -0.369 e. The quantitative estimate of drug-likeness (QED) is 0.399. The number of hydrogen-bond acceptors (Lipinski definition) is 2. The van der Waals surface area contributed by atoms with Crippen molar-refractivity contribution >= 4 is 38.6 Å². The van der Waals surface area contributed by atoms with Crippen molar-refractivity contribution in [3.63, 3.8) is 0 Å². The fourth-order valence-electron chi connectivity index (χ4n) is 7.05. The SMILES string of the molecule is NC(=O)[C@@]1(c2ccc(Br)cc2)[C@H](CNC(=O)CCc2c[nH]c3ccccc23)[C@H]2C=C[C@H]1C21CC1. The highest BCUT2D eigenvalue weighted by molar-refractivity contribution is 9.10. The number of aromatic amines is 1. The van der Waals surface area contributed by atoms with Crippen LogP contribution < -0.4 is 11.1 Å². The number of rotatable bonds is 7. The summed E-state index contributed by atoms with van der Waals surface area (Å²) in [6.45, 7) is 0.457. The molecule has 34 heavy (non-hydrogen) atoms. The zero-order valence-electron chi connectivity index (χ0n) is 18.9. The topological polar surface area (TPSA) is 88.0 Å². The van der Waals surface area contributed by atoms with E-state index in [1.807, 2.05) is 48.7 Å². The average molecular weight is 518 g/mol. The Morgan fingerprint density at radius 2 is 1.85 bits per heavy atom. The van der Waals surface area contributed by atoms with Crippen molar-refractivity contribution in [3.8, 4) is 0 Å². The van der Waals surface area contributed by atoms with Crippen LogP contribution in [0.2, 0.25) is 0 Å². The summed E-state index contributed by atoms with van der Waals surface area (Å²) in [5.74, 6) is 0.0483. The number of aryl methyl sites for hydroxylation is 1. The van der Waals surface area contributed by atoms with Crippen molar-refractivity contribution < 1.29 is 9.59 Å². The van der Waals surface area contributed by atoms with Gasteiger partial charge in [0.15, 0.2) is 0 Å². The molecule has 6 rings (SSSR count). The van der Waals surface area contributed by atoms with Crippen LogP contribution in [0.3, 0.4) is 0 Å². The fourth-order valence-corrected chi connectivity index (χ4v) is 7.31. The summed E-state index contributed by atoms with van der Waals surface area (Å²) in [4.78, 5) is 29.4. The van der Waals surface area contributed by atoms with Gasteiger partial charge in [0.25, 0.3) is 0 Å². The van der Waals surface area contributed by atoms with Crippen LogP contribution in [0, 0.1) is 23.2 Å². The predicted octanol–water partition coefficient (Wildman–Crippen LogP) is 4.61. The van der Waals surface area contributed by atoms with Crippen LogP contribution in [0.25, 0.3) is 10.9 Å². The van der Waals surface area contributed by atoms with Crippen molar-refractivity contribution in [2.45, 2.75) is 31.1 Å². The molecule has 0 saturated heterocycles. The van der Waals surface area contributed by atoms with Gasteiger partial charge in [-0.1, -0.05) is 58.4 Å². The van der Waals surface area contributed by atoms with Gasteiger partial charge in [0, 0.05) is 46.4 Å². The number of para-hydroxylation sites is 1. The summed E-state index contributed by atoms with van der Waals surface area (Å²) in [6, 6.07) is 16.1. The molecule has 2 saturated carbocycles. The minimum absolute atomic E-state index is 0.0102. The van der Waals surface area contributed by atoms with E-state index in [-0.39, 0.29) is 35.0 Å². The summed E-state index contributed by atoms with van der Waals surface area (Å²) < 4.78 is 0.970. The van der Waals surface area contributed by atoms with Gasteiger partial charge >= 0.3 is 0 Å². The summed E-state index contributed by atoms with van der Waals surface area (Å²) in [5.41, 5.74) is 8.74. The van der Waals surface area contributed by atoms with Crippen LogP contribution in [0.15, 0.2) is 71.4 Å². The number of fused-ring (bicyclic) bond motifs is 1. The molecular formula is C28H28BrN3O2. The van der Waals surface area contributed by atoms with E-state index in [4.69, 9.17) is 5.73 Å². The van der Waals surface area contributed by atoms with E-state index in [2.05, 4.69) is 44.4 Å². The van der Waals surface area contributed by atoms with Crippen LogP contribution in [0.1, 0.15) is 30.4 Å². The first-order chi connectivity index (χ1) is 16.5. The number of halogens is 1. The molecule has 4 N–H and O–H groups in total. The monoisotopic (exact) mass is 517 g/mol. The van der Waals surface area contributed by atoms with Gasteiger partial charge in [0.05, 0.1) is 5.41 Å². The van der Waals surface area contributed by atoms with Crippen LogP contribution in [0.4, 0.5) is 0 Å². The van der Waals surface area contributed by atoms with Crippen molar-refractivity contribution in [2.75, 3.05) is 6.54 Å². The van der Waals surface area contributed by atoms with Crippen LogP contribution >= 0.6 is 15.9 Å². The van der Waals surface area contributed by atoms with Crippen LogP contribution in [0.5, 0.6) is 0 Å². The number of carbonyl (C=O) groups excluding carboxylic acids is 2. The van der Waals surface area contributed by atoms with E-state index in [1.165, 1.54) is 0 Å². The number of hydrogen-bond donors (Lipinski definition) is 3. The lowest BCUT2D eigenvalue weighted by atomic mass is 9.63. The summed E-state index contributed by atoms with van der Waals surface area (Å²) in [5, 5.41) is 4.34. The number of H-pyrrole nitrogens is 1. The Hall–Kier alpha value is -2.86. The Balaban J connectivity index is 1.23. The highest BCUT2D eigenvalue weighted by Crippen LogP contribution is 2.75. The third kappa shape index (κ3) is 3.04. The van der Waals surface area contributed by atoms with Crippen molar-refractivity contribution in [2.24, 2.45) is 28.9 Å². The molecule has 2 aromatic carbocycles. The summed E-state index contributed by atoms with van der Waals surface area (Å²) in [6.07, 6.45) is 9.80. The average Bonchev–Trinajstić information content (AvgIpc) is 3.32. The standard InChI is InChI=1S/C28H28BrN3O2/c29-19-8-6-18(7-9-19)28(26(30)34)22(21-10-11-24(28)27(21)13-14-27)16-32-25(33)12-5-17-15-31-23-4-2-1-3-20(17)23/h1-4,6-11,15,21-22,24,31H,5,12-14,16H2,(H2,30,34)(H,32,33)/t21-,22-,24+,28+/m1/s1. The smallest absolute Gasteiger partial charge is 0.229 e. The van der Waals surface area contributed by atoms with E-state index in [1.54, 1.807) is 0 Å². The van der Waals surface area contributed by atoms with Gasteiger partial charge in [-0.05, 0) is 59.9 Å². The lowest BCUT2D eigenvalue weighted by Crippen LogP contribution is -2.53. The highest BCUT2D eigenvalue weighted by Gasteiger charge is 2.74. The Labute approximate surface area is 207 Å². The number of aromatic nitrogens is 1. The third-order valence-electron chi connectivity index (χ3n) is 8.68. The van der Waals surface area contributed by atoms with E-state index in [0.717, 1.165) is 39.3 Å². The van der Waals surface area contributed by atoms with E-state index in [9.17, 15) is 9.59 Å². The molecule has 1 aromatic heterocycles. The van der Waals surface area contributed by atoms with Crippen LogP contribution in [-0.2, 0) is 21.4 Å². The number of allylic oxidation sites excluding steroid dienone is 2. The van der Waals surface area contributed by atoms with Crippen molar-refractivity contribution in [1.29, 1.82) is 0 Å². The van der Waals surface area contributed by atoms with Gasteiger partial charge in [-0.3, -0.25) is 9.59 Å². The molecule has 1 spiro atoms. The van der Waals surface area contributed by atoms with Gasteiger partial charge in [0.2, 0.25) is 11.8 Å². The van der Waals surface area contributed by atoms with Crippen molar-refractivity contribution in [3.05, 3.63) is 82.5 Å². The molecule has 3 aliphatic rings. The van der Waals surface area contributed by atoms with Gasteiger partial charge < -0.3 is 16.0 Å². The molecule has 2 bridgehead atoms. The normalized spacial score (nSPS) is 28.0. The molecule has 3 aliphatic carbocycles. The number of carbonyl (C=O) groups is 2. The zero-order chi connectivity index (χ0) is 23.5. The Kier molecular flexibility index (Phi) is 4.99. The Bertz CT molecular complexity index is 1310. The van der Waals surface area contributed by atoms with Gasteiger partial charge in [-0.25, -0.2) is 0 Å². The molecule has 3 aromatic rings. The zero-order valence-corrected chi connectivity index (χ0v) is 20.5. The van der Waals surface area contributed by atoms with E-state index in [0.29, 0.717) is 19.4 Å². The lowest BCUT2D eigenvalue weighted by Gasteiger charge is -2.40. The second-order valence-corrected chi connectivity index (χ2v) is 11.0. The highest BCUT2D eigenvalue weighted by atomic mass is 79.9. The van der Waals surface area contributed by atoms with E-state index < -0.39 is 5.41 Å². The molecule has 0 radical (unpaired) electrons. The molecule has 6 heteroatoms. The largest absolute Gasteiger partial charge is 0.369 e. The molecule has 0 aliphatic heterocycles. The van der Waals surface area contributed by atoms with Crippen molar-refractivity contribution in [1.82, 2.24) is 10.3 Å². The van der Waals surface area contributed by atoms with E-state index >= 15 is 0 Å². The molecule has 0 unspecified atom stereocenters. The Morgan fingerprint density at radius 3 is 2.59 bits per heavy atom. The van der Waals surface area contributed by atoms with Gasteiger partial charge in [-0.15, -0.1) is 0 Å². The molecule has 4 atom stereocenters. The number of nitrogens with one attached hydrogen (secondary N) is 2. The predicted molar refractivity (Wildman–Crippen MR) is 136 cm³/mol. The maximum Gasteiger partial charge on any atom is 0.229 e. The second-order valence-electron chi connectivity index (χ2n) is 10.1. The first-order valence-corrected chi connectivity index (χ1v) is 12.8. The minimum atomic E-state index is -0.791. The number of nitrogens with two attached hydrogens (primary N) is 1. The number of benzene rings is 2.